The highest BCUT2D eigenvalue weighted by atomic mass is 16.6. The topological polar surface area (TPSA) is 33.4 Å². The molecule has 0 radical (unpaired) electrons. The van der Waals surface area contributed by atoms with E-state index in [0.717, 1.165) is 25.9 Å². The molecular formula is C12H17N2O2+. The van der Waals surface area contributed by atoms with E-state index in [2.05, 4.69) is 0 Å². The molecule has 1 amide bonds. The first-order valence-electron chi connectivity index (χ1n) is 5.72. The minimum absolute atomic E-state index is 0.198. The molecule has 0 spiro atoms. The minimum Gasteiger partial charge on any atom is -0.388 e. The van der Waals surface area contributed by atoms with Gasteiger partial charge in [-0.3, -0.25) is 0 Å². The molecule has 1 saturated heterocycles. The summed E-state index contributed by atoms with van der Waals surface area (Å²) in [5, 5.41) is 0. The lowest BCUT2D eigenvalue weighted by Crippen LogP contribution is -2.41. The van der Waals surface area contributed by atoms with Crippen LogP contribution in [0.2, 0.25) is 0 Å². The summed E-state index contributed by atoms with van der Waals surface area (Å²) in [6.07, 6.45) is 6.96. The van der Waals surface area contributed by atoms with Crippen LogP contribution in [0.5, 0.6) is 0 Å². The Morgan fingerprint density at radius 2 is 1.81 bits per heavy atom. The van der Waals surface area contributed by atoms with Crippen molar-refractivity contribution in [3.63, 3.8) is 0 Å². The number of ether oxygens (including phenoxy) is 1. The number of hydrogen-bond donors (Lipinski definition) is 0. The normalized spacial score (nSPS) is 15.9. The molecule has 1 fully saturated rings. The van der Waals surface area contributed by atoms with Gasteiger partial charge >= 0.3 is 6.09 Å². The van der Waals surface area contributed by atoms with Gasteiger partial charge in [-0.2, -0.15) is 4.57 Å². The second-order valence-corrected chi connectivity index (χ2v) is 3.98. The first-order valence-corrected chi connectivity index (χ1v) is 5.72. The Labute approximate surface area is 95.4 Å². The molecular weight excluding hydrogens is 204 g/mol. The predicted molar refractivity (Wildman–Crippen MR) is 58.5 cm³/mol. The molecule has 0 atom stereocenters. The maximum absolute atomic E-state index is 11.7. The van der Waals surface area contributed by atoms with Gasteiger partial charge in [-0.15, -0.1) is 0 Å². The second-order valence-electron chi connectivity index (χ2n) is 3.98. The highest BCUT2D eigenvalue weighted by molar-refractivity contribution is 5.67. The number of aromatic nitrogens is 1. The fourth-order valence-corrected chi connectivity index (χ4v) is 1.82. The standard InChI is InChI=1S/C12H17N2O2/c15-12(14-9-5-2-6-10-14)16-11-13-7-3-1-4-8-13/h1,3-4,7-8H,2,5-6,9-11H2/q+1. The average Bonchev–Trinajstić information content (AvgIpc) is 2.38. The first kappa shape index (κ1) is 10.9. The molecule has 0 N–H and O–H groups in total. The van der Waals surface area contributed by atoms with Gasteiger partial charge in [0.05, 0.1) is 0 Å². The molecule has 2 rings (SSSR count). The van der Waals surface area contributed by atoms with Crippen LogP contribution in [0.15, 0.2) is 30.6 Å². The zero-order valence-corrected chi connectivity index (χ0v) is 9.34. The summed E-state index contributed by atoms with van der Waals surface area (Å²) in [7, 11) is 0. The van der Waals surface area contributed by atoms with Crippen LogP contribution in [0.25, 0.3) is 0 Å². The molecule has 1 aromatic rings. The number of rotatable bonds is 2. The zero-order valence-electron chi connectivity index (χ0n) is 9.34. The maximum Gasteiger partial charge on any atom is 0.414 e. The van der Waals surface area contributed by atoms with Crippen LogP contribution in [0, 0.1) is 0 Å². The van der Waals surface area contributed by atoms with Gasteiger partial charge in [0.1, 0.15) is 0 Å². The molecule has 4 heteroatoms. The number of carbonyl (C=O) groups excluding carboxylic acids is 1. The van der Waals surface area contributed by atoms with Crippen molar-refractivity contribution in [2.24, 2.45) is 0 Å². The fourth-order valence-electron chi connectivity index (χ4n) is 1.82. The van der Waals surface area contributed by atoms with Crippen molar-refractivity contribution in [1.29, 1.82) is 0 Å². The largest absolute Gasteiger partial charge is 0.414 e. The third kappa shape index (κ3) is 2.95. The molecule has 0 saturated carbocycles. The predicted octanol–water partition coefficient (Wildman–Crippen LogP) is 1.55. The molecule has 0 unspecified atom stereocenters. The summed E-state index contributed by atoms with van der Waals surface area (Å²) < 4.78 is 7.05. The molecule has 1 aliphatic heterocycles. The lowest BCUT2D eigenvalue weighted by atomic mass is 10.1. The van der Waals surface area contributed by atoms with Crippen molar-refractivity contribution in [3.05, 3.63) is 30.6 Å². The van der Waals surface area contributed by atoms with Crippen molar-refractivity contribution in [2.45, 2.75) is 26.0 Å². The van der Waals surface area contributed by atoms with Crippen molar-refractivity contribution < 1.29 is 14.1 Å². The minimum atomic E-state index is -0.198. The van der Waals surface area contributed by atoms with Gasteiger partial charge in [0, 0.05) is 25.2 Å². The Morgan fingerprint density at radius 3 is 2.50 bits per heavy atom. The van der Waals surface area contributed by atoms with E-state index in [-0.39, 0.29) is 12.8 Å². The summed E-state index contributed by atoms with van der Waals surface area (Å²) >= 11 is 0. The van der Waals surface area contributed by atoms with E-state index in [4.69, 9.17) is 4.74 Å². The molecule has 0 aliphatic carbocycles. The van der Waals surface area contributed by atoms with Crippen molar-refractivity contribution in [1.82, 2.24) is 4.90 Å². The summed E-state index contributed by atoms with van der Waals surface area (Å²) in [5.74, 6) is 0. The highest BCUT2D eigenvalue weighted by Crippen LogP contribution is 2.09. The molecule has 2 heterocycles. The highest BCUT2D eigenvalue weighted by Gasteiger charge is 2.18. The quantitative estimate of drug-likeness (QED) is 0.710. The lowest BCUT2D eigenvalue weighted by molar-refractivity contribution is -0.727. The Bertz CT molecular complexity index is 334. The van der Waals surface area contributed by atoms with E-state index in [0.29, 0.717) is 0 Å². The smallest absolute Gasteiger partial charge is 0.388 e. The van der Waals surface area contributed by atoms with Crippen molar-refractivity contribution in [3.8, 4) is 0 Å². The van der Waals surface area contributed by atoms with Crippen molar-refractivity contribution in [2.75, 3.05) is 13.1 Å². The number of piperidine rings is 1. The third-order valence-corrected chi connectivity index (χ3v) is 2.73. The molecule has 1 aliphatic rings. The Hall–Kier alpha value is -1.58. The van der Waals surface area contributed by atoms with Crippen LogP contribution >= 0.6 is 0 Å². The van der Waals surface area contributed by atoms with Crippen LogP contribution in [-0.4, -0.2) is 24.1 Å². The first-order chi connectivity index (χ1) is 7.86. The summed E-state index contributed by atoms with van der Waals surface area (Å²) in [6.45, 7) is 1.95. The van der Waals surface area contributed by atoms with Crippen molar-refractivity contribution >= 4 is 6.09 Å². The lowest BCUT2D eigenvalue weighted by Gasteiger charge is -2.24. The van der Waals surface area contributed by atoms with Crippen LogP contribution in [-0.2, 0) is 11.5 Å². The van der Waals surface area contributed by atoms with Gasteiger partial charge in [0.2, 0.25) is 0 Å². The summed E-state index contributed by atoms with van der Waals surface area (Å²) in [4.78, 5) is 13.4. The summed E-state index contributed by atoms with van der Waals surface area (Å²) in [5.41, 5.74) is 0. The van der Waals surface area contributed by atoms with E-state index in [1.807, 2.05) is 35.2 Å². The number of amides is 1. The molecule has 16 heavy (non-hydrogen) atoms. The summed E-state index contributed by atoms with van der Waals surface area (Å²) in [6, 6.07) is 5.76. The molecule has 4 nitrogen and oxygen atoms in total. The number of hydrogen-bond acceptors (Lipinski definition) is 2. The van der Waals surface area contributed by atoms with E-state index >= 15 is 0 Å². The van der Waals surface area contributed by atoms with Gasteiger partial charge in [-0.1, -0.05) is 6.07 Å². The number of pyridine rings is 1. The Morgan fingerprint density at radius 1 is 1.12 bits per heavy atom. The monoisotopic (exact) mass is 221 g/mol. The second kappa shape index (κ2) is 5.49. The fraction of sp³-hybridized carbons (Fsp3) is 0.500. The molecule has 0 aromatic carbocycles. The number of nitrogens with zero attached hydrogens (tertiary/aromatic N) is 2. The van der Waals surface area contributed by atoms with Crippen LogP contribution in [0.4, 0.5) is 4.79 Å². The third-order valence-electron chi connectivity index (χ3n) is 2.73. The number of likely N-dealkylation sites (tertiary alicyclic amines) is 1. The van der Waals surface area contributed by atoms with Crippen LogP contribution in [0.1, 0.15) is 19.3 Å². The SMILES string of the molecule is O=C(OC[n+]1ccccc1)N1CCCCC1. The Kier molecular flexibility index (Phi) is 3.75. The average molecular weight is 221 g/mol. The van der Waals surface area contributed by atoms with Gasteiger partial charge < -0.3 is 9.64 Å². The van der Waals surface area contributed by atoms with Crippen LogP contribution < -0.4 is 4.57 Å². The molecule has 86 valence electrons. The van der Waals surface area contributed by atoms with Gasteiger partial charge in [-0.25, -0.2) is 4.79 Å². The van der Waals surface area contributed by atoms with E-state index < -0.39 is 0 Å². The van der Waals surface area contributed by atoms with Gasteiger partial charge in [0.15, 0.2) is 12.4 Å². The van der Waals surface area contributed by atoms with Crippen LogP contribution in [0.3, 0.4) is 0 Å². The Balaban J connectivity index is 1.79. The van der Waals surface area contributed by atoms with E-state index in [9.17, 15) is 4.79 Å². The van der Waals surface area contributed by atoms with E-state index in [1.54, 1.807) is 4.90 Å². The van der Waals surface area contributed by atoms with Gasteiger partial charge in [0.25, 0.3) is 6.73 Å². The maximum atomic E-state index is 11.7. The van der Waals surface area contributed by atoms with Gasteiger partial charge in [-0.05, 0) is 19.3 Å². The number of carbonyl (C=O) groups is 1. The molecule has 1 aromatic heterocycles. The zero-order chi connectivity index (χ0) is 11.2. The molecule has 0 bridgehead atoms. The van der Waals surface area contributed by atoms with E-state index in [1.165, 1.54) is 6.42 Å².